The third kappa shape index (κ3) is 5.19. The Bertz CT molecular complexity index is 679. The van der Waals surface area contributed by atoms with E-state index in [0.717, 1.165) is 45.0 Å². The molecule has 29 heavy (non-hydrogen) atoms. The highest BCUT2D eigenvalue weighted by molar-refractivity contribution is 14.0. The summed E-state index contributed by atoms with van der Waals surface area (Å²) in [7, 11) is 0. The molecule has 6 heteroatoms. The van der Waals surface area contributed by atoms with Crippen LogP contribution in [-0.4, -0.2) is 54.3 Å². The second-order valence-corrected chi connectivity index (χ2v) is 9.48. The molecule has 2 heterocycles. The lowest BCUT2D eigenvalue weighted by Crippen LogP contribution is -2.72. The molecule has 0 spiro atoms. The van der Waals surface area contributed by atoms with Gasteiger partial charge in [-0.1, -0.05) is 26.0 Å². The summed E-state index contributed by atoms with van der Waals surface area (Å²) in [5.41, 5.74) is 2.93. The molecule has 3 rings (SSSR count). The lowest BCUT2D eigenvalue weighted by molar-refractivity contribution is -0.0667. The molecule has 0 amide bonds. The normalized spacial score (nSPS) is 21.4. The zero-order chi connectivity index (χ0) is 20.4. The van der Waals surface area contributed by atoms with Gasteiger partial charge in [0, 0.05) is 49.4 Å². The minimum absolute atomic E-state index is 0. The number of likely N-dealkylation sites (tertiary alicyclic amines) is 1. The van der Waals surface area contributed by atoms with Gasteiger partial charge >= 0.3 is 0 Å². The summed E-state index contributed by atoms with van der Waals surface area (Å²) >= 11 is 0. The van der Waals surface area contributed by atoms with Gasteiger partial charge in [0.25, 0.3) is 0 Å². The van der Waals surface area contributed by atoms with Gasteiger partial charge in [-0.3, -0.25) is 0 Å². The van der Waals surface area contributed by atoms with E-state index in [9.17, 15) is 5.11 Å². The molecule has 0 radical (unpaired) electrons. The lowest BCUT2D eigenvalue weighted by Gasteiger charge is -2.62. The van der Waals surface area contributed by atoms with Crippen molar-refractivity contribution in [1.82, 2.24) is 10.2 Å². The van der Waals surface area contributed by atoms with Crippen molar-refractivity contribution in [2.75, 3.05) is 37.7 Å². The van der Waals surface area contributed by atoms with Crippen molar-refractivity contribution < 1.29 is 5.11 Å². The maximum atomic E-state index is 9.31. The van der Waals surface area contributed by atoms with Gasteiger partial charge in [-0.2, -0.15) is 0 Å². The number of nitrogens with one attached hydrogen (secondary N) is 1. The van der Waals surface area contributed by atoms with Gasteiger partial charge in [-0.05, 0) is 57.2 Å². The zero-order valence-electron chi connectivity index (χ0n) is 18.7. The van der Waals surface area contributed by atoms with Crippen LogP contribution >= 0.6 is 24.0 Å². The summed E-state index contributed by atoms with van der Waals surface area (Å²) in [6.45, 7) is 16.4. The molecule has 1 aromatic rings. The van der Waals surface area contributed by atoms with E-state index in [2.05, 4.69) is 74.0 Å². The number of aliphatic hydroxyl groups excluding tert-OH is 1. The fraction of sp³-hybridized carbons (Fsp3) is 0.696. The Hall–Kier alpha value is -1.02. The molecule has 2 N–H and O–H groups in total. The van der Waals surface area contributed by atoms with E-state index in [4.69, 9.17) is 4.99 Å². The number of benzene rings is 1. The SMILES string of the molecule is CCNC(=NCc1ccc(N2CCC(CO)CC2)cc1)N1CC(C)(C)C1(C)C.I. The third-order valence-corrected chi connectivity index (χ3v) is 7.06. The number of piperidine rings is 1. The molecule has 5 nitrogen and oxygen atoms in total. The van der Waals surface area contributed by atoms with Crippen LogP contribution in [0.4, 0.5) is 5.69 Å². The molecule has 2 aliphatic rings. The maximum Gasteiger partial charge on any atom is 0.194 e. The van der Waals surface area contributed by atoms with E-state index < -0.39 is 0 Å². The number of hydrogen-bond donors (Lipinski definition) is 2. The van der Waals surface area contributed by atoms with Crippen molar-refractivity contribution in [3.05, 3.63) is 29.8 Å². The smallest absolute Gasteiger partial charge is 0.194 e. The molecule has 2 fully saturated rings. The Kier molecular flexibility index (Phi) is 8.24. The Balaban J connectivity index is 0.00000300. The predicted molar refractivity (Wildman–Crippen MR) is 133 cm³/mol. The lowest BCUT2D eigenvalue weighted by atomic mass is 9.65. The number of guanidine groups is 1. The highest BCUT2D eigenvalue weighted by Crippen LogP contribution is 2.46. The van der Waals surface area contributed by atoms with Gasteiger partial charge in [-0.15, -0.1) is 24.0 Å². The molecule has 0 unspecified atom stereocenters. The van der Waals surface area contributed by atoms with Gasteiger partial charge in [-0.25, -0.2) is 4.99 Å². The number of aliphatic hydroxyl groups is 1. The molecule has 2 aliphatic heterocycles. The van der Waals surface area contributed by atoms with Gasteiger partial charge in [0.05, 0.1) is 6.54 Å². The van der Waals surface area contributed by atoms with Crippen molar-refractivity contribution >= 4 is 35.6 Å². The molecule has 0 aromatic heterocycles. The number of rotatable bonds is 5. The molecule has 164 valence electrons. The van der Waals surface area contributed by atoms with Crippen LogP contribution in [0.5, 0.6) is 0 Å². The molecule has 1 aromatic carbocycles. The molecule has 0 bridgehead atoms. The summed E-state index contributed by atoms with van der Waals surface area (Å²) < 4.78 is 0. The van der Waals surface area contributed by atoms with Crippen molar-refractivity contribution in [3.63, 3.8) is 0 Å². The number of aliphatic imine (C=N–C) groups is 1. The van der Waals surface area contributed by atoms with E-state index in [-0.39, 0.29) is 29.5 Å². The van der Waals surface area contributed by atoms with Crippen LogP contribution in [0.2, 0.25) is 0 Å². The first-order valence-electron chi connectivity index (χ1n) is 10.8. The first kappa shape index (κ1) is 24.3. The van der Waals surface area contributed by atoms with Crippen LogP contribution in [0, 0.1) is 11.3 Å². The second kappa shape index (κ2) is 9.86. The first-order valence-corrected chi connectivity index (χ1v) is 10.8. The summed E-state index contributed by atoms with van der Waals surface area (Å²) in [5, 5.41) is 12.8. The summed E-state index contributed by atoms with van der Waals surface area (Å²) in [6, 6.07) is 8.83. The number of anilines is 1. The van der Waals surface area contributed by atoms with Gasteiger partial charge in [0.2, 0.25) is 0 Å². The van der Waals surface area contributed by atoms with E-state index in [1.54, 1.807) is 0 Å². The molecule has 0 aliphatic carbocycles. The highest BCUT2D eigenvalue weighted by atomic mass is 127. The Morgan fingerprint density at radius 1 is 1.14 bits per heavy atom. The molecule has 2 saturated heterocycles. The standard InChI is InChI=1S/C23H38N4O.HI/c1-6-24-21(27-17-22(2,3)23(27,4)5)25-15-18-7-9-20(10-8-18)26-13-11-19(16-28)12-14-26;/h7-10,19,28H,6,11-17H2,1-5H3,(H,24,25);1H. The molecule has 0 saturated carbocycles. The van der Waals surface area contributed by atoms with E-state index >= 15 is 0 Å². The Morgan fingerprint density at radius 3 is 2.24 bits per heavy atom. The second-order valence-electron chi connectivity index (χ2n) is 9.48. The fourth-order valence-electron chi connectivity index (χ4n) is 4.15. The van der Waals surface area contributed by atoms with E-state index in [1.807, 2.05) is 0 Å². The van der Waals surface area contributed by atoms with Crippen molar-refractivity contribution in [3.8, 4) is 0 Å². The van der Waals surface area contributed by atoms with Crippen LogP contribution in [0.1, 0.15) is 53.0 Å². The Labute approximate surface area is 194 Å². The van der Waals surface area contributed by atoms with Crippen LogP contribution in [0.25, 0.3) is 0 Å². The molecule has 0 atom stereocenters. The average molecular weight is 514 g/mol. The molecular weight excluding hydrogens is 475 g/mol. The van der Waals surface area contributed by atoms with E-state index in [1.165, 1.54) is 11.3 Å². The van der Waals surface area contributed by atoms with Gasteiger partial charge in [0.15, 0.2) is 5.96 Å². The van der Waals surface area contributed by atoms with E-state index in [0.29, 0.717) is 24.5 Å². The monoisotopic (exact) mass is 514 g/mol. The number of nitrogens with zero attached hydrogens (tertiary/aromatic N) is 3. The van der Waals surface area contributed by atoms with Gasteiger partial charge < -0.3 is 20.2 Å². The zero-order valence-corrected chi connectivity index (χ0v) is 21.1. The average Bonchev–Trinajstić information content (AvgIpc) is 2.70. The van der Waals surface area contributed by atoms with Crippen molar-refractivity contribution in [2.45, 2.75) is 59.5 Å². The minimum atomic E-state index is 0. The third-order valence-electron chi connectivity index (χ3n) is 7.06. The molecular formula is C23H39IN4O. The fourth-order valence-corrected chi connectivity index (χ4v) is 4.15. The van der Waals surface area contributed by atoms with Crippen LogP contribution in [0.3, 0.4) is 0 Å². The van der Waals surface area contributed by atoms with Crippen LogP contribution in [0.15, 0.2) is 29.3 Å². The summed E-state index contributed by atoms with van der Waals surface area (Å²) in [6.07, 6.45) is 2.16. The summed E-state index contributed by atoms with van der Waals surface area (Å²) in [5.74, 6) is 1.49. The topological polar surface area (TPSA) is 51.1 Å². The maximum absolute atomic E-state index is 9.31. The van der Waals surface area contributed by atoms with Crippen molar-refractivity contribution in [2.24, 2.45) is 16.3 Å². The first-order chi connectivity index (χ1) is 13.3. The minimum Gasteiger partial charge on any atom is -0.396 e. The number of halogens is 1. The highest BCUT2D eigenvalue weighted by Gasteiger charge is 2.53. The quantitative estimate of drug-likeness (QED) is 0.353. The number of hydrogen-bond acceptors (Lipinski definition) is 3. The predicted octanol–water partition coefficient (Wildman–Crippen LogP) is 4.10. The largest absolute Gasteiger partial charge is 0.396 e. The summed E-state index contributed by atoms with van der Waals surface area (Å²) in [4.78, 5) is 9.74. The van der Waals surface area contributed by atoms with Gasteiger partial charge in [0.1, 0.15) is 0 Å². The van der Waals surface area contributed by atoms with Crippen molar-refractivity contribution in [1.29, 1.82) is 0 Å². The Morgan fingerprint density at radius 2 is 1.76 bits per heavy atom. The van der Waals surface area contributed by atoms with Crippen LogP contribution in [-0.2, 0) is 6.54 Å². The van der Waals surface area contributed by atoms with Crippen LogP contribution < -0.4 is 10.2 Å².